The lowest BCUT2D eigenvalue weighted by Crippen LogP contribution is -2.40. The third kappa shape index (κ3) is 4.05. The van der Waals surface area contributed by atoms with Gasteiger partial charge in [-0.25, -0.2) is 0 Å². The smallest absolute Gasteiger partial charge is 0.287 e. The molecule has 4 nitrogen and oxygen atoms in total. The van der Waals surface area contributed by atoms with Gasteiger partial charge in [-0.05, 0) is 80.2 Å². The summed E-state index contributed by atoms with van der Waals surface area (Å²) >= 11 is 0. The molecule has 4 atom stereocenters. The van der Waals surface area contributed by atoms with E-state index in [-0.39, 0.29) is 11.9 Å². The second kappa shape index (κ2) is 7.79. The molecule has 2 aliphatic rings. The molecule has 2 bridgehead atoms. The van der Waals surface area contributed by atoms with Crippen LogP contribution in [0.5, 0.6) is 5.75 Å². The Balaban J connectivity index is 1.29. The Morgan fingerprint density at radius 1 is 1.19 bits per heavy atom. The highest BCUT2D eigenvalue weighted by atomic mass is 16.5. The van der Waals surface area contributed by atoms with Crippen molar-refractivity contribution in [2.24, 2.45) is 17.8 Å². The summed E-state index contributed by atoms with van der Waals surface area (Å²) in [5.74, 6) is 4.01. The molecule has 1 amide bonds. The van der Waals surface area contributed by atoms with Crippen molar-refractivity contribution in [1.29, 1.82) is 0 Å². The molecule has 0 saturated heterocycles. The third-order valence-electron chi connectivity index (χ3n) is 6.39. The van der Waals surface area contributed by atoms with Crippen LogP contribution in [-0.2, 0) is 13.0 Å². The van der Waals surface area contributed by atoms with Crippen LogP contribution in [0.4, 0.5) is 0 Å². The van der Waals surface area contributed by atoms with Crippen LogP contribution >= 0.6 is 0 Å². The summed E-state index contributed by atoms with van der Waals surface area (Å²) in [5.41, 5.74) is 1.28. The molecular weight excluding hydrogens is 338 g/mol. The van der Waals surface area contributed by atoms with Crippen molar-refractivity contribution >= 4 is 5.91 Å². The van der Waals surface area contributed by atoms with Gasteiger partial charge in [-0.2, -0.15) is 0 Å². The zero-order valence-corrected chi connectivity index (χ0v) is 16.2. The topological polar surface area (TPSA) is 51.5 Å². The molecule has 0 aliphatic heterocycles. The molecule has 1 aromatic carbocycles. The van der Waals surface area contributed by atoms with Crippen molar-refractivity contribution in [3.8, 4) is 5.75 Å². The first kappa shape index (κ1) is 18.1. The van der Waals surface area contributed by atoms with Gasteiger partial charge in [-0.15, -0.1) is 0 Å². The summed E-state index contributed by atoms with van der Waals surface area (Å²) in [7, 11) is 0. The highest BCUT2D eigenvalue weighted by molar-refractivity contribution is 5.91. The Kier molecular flexibility index (Phi) is 5.24. The van der Waals surface area contributed by atoms with Gasteiger partial charge >= 0.3 is 0 Å². The first-order valence-corrected chi connectivity index (χ1v) is 10.2. The van der Waals surface area contributed by atoms with Crippen LogP contribution in [0.3, 0.4) is 0 Å². The Bertz CT molecular complexity index is 779. The van der Waals surface area contributed by atoms with Gasteiger partial charge in [0.2, 0.25) is 0 Å². The number of aryl methyl sites for hydroxylation is 1. The van der Waals surface area contributed by atoms with Crippen LogP contribution in [0, 0.1) is 17.8 Å². The van der Waals surface area contributed by atoms with Gasteiger partial charge in [0.15, 0.2) is 5.76 Å². The molecule has 0 radical (unpaired) electrons. The first-order valence-electron chi connectivity index (χ1n) is 10.2. The molecule has 4 rings (SSSR count). The molecule has 144 valence electrons. The summed E-state index contributed by atoms with van der Waals surface area (Å²) < 4.78 is 11.5. The van der Waals surface area contributed by atoms with Crippen molar-refractivity contribution in [2.75, 3.05) is 0 Å². The van der Waals surface area contributed by atoms with Gasteiger partial charge in [0, 0.05) is 6.04 Å². The fourth-order valence-corrected chi connectivity index (χ4v) is 4.84. The Hall–Kier alpha value is -2.23. The van der Waals surface area contributed by atoms with Crippen molar-refractivity contribution in [2.45, 2.75) is 58.6 Å². The third-order valence-corrected chi connectivity index (χ3v) is 6.39. The van der Waals surface area contributed by atoms with E-state index in [1.54, 1.807) is 6.07 Å². The molecule has 2 aliphatic carbocycles. The van der Waals surface area contributed by atoms with Gasteiger partial charge in [0.1, 0.15) is 18.1 Å². The van der Waals surface area contributed by atoms with Crippen LogP contribution in [0.25, 0.3) is 0 Å². The van der Waals surface area contributed by atoms with Crippen LogP contribution in [0.1, 0.15) is 61.4 Å². The maximum atomic E-state index is 12.5. The maximum Gasteiger partial charge on any atom is 0.287 e. The lowest BCUT2D eigenvalue weighted by molar-refractivity contribution is 0.0883. The largest absolute Gasteiger partial charge is 0.486 e. The van der Waals surface area contributed by atoms with Crippen molar-refractivity contribution in [3.63, 3.8) is 0 Å². The minimum Gasteiger partial charge on any atom is -0.486 e. The minimum absolute atomic E-state index is 0.121. The van der Waals surface area contributed by atoms with Crippen LogP contribution < -0.4 is 10.1 Å². The number of benzene rings is 1. The van der Waals surface area contributed by atoms with E-state index >= 15 is 0 Å². The van der Waals surface area contributed by atoms with E-state index in [0.717, 1.165) is 24.0 Å². The molecule has 0 spiro atoms. The highest BCUT2D eigenvalue weighted by Gasteiger charge is 2.42. The average molecular weight is 367 g/mol. The van der Waals surface area contributed by atoms with E-state index in [2.05, 4.69) is 31.3 Å². The molecule has 1 aromatic heterocycles. The molecule has 2 fully saturated rings. The maximum absolute atomic E-state index is 12.5. The average Bonchev–Trinajstić information content (AvgIpc) is 3.43. The summed E-state index contributed by atoms with van der Waals surface area (Å²) in [6.45, 7) is 4.58. The molecule has 2 aromatic rings. The summed E-state index contributed by atoms with van der Waals surface area (Å²) in [6.07, 6.45) is 6.34. The number of nitrogens with one attached hydrogen (secondary N) is 1. The molecule has 2 saturated carbocycles. The predicted octanol–water partition coefficient (Wildman–Crippen LogP) is 4.98. The van der Waals surface area contributed by atoms with E-state index in [1.807, 2.05) is 18.2 Å². The fraction of sp³-hybridized carbons (Fsp3) is 0.522. The van der Waals surface area contributed by atoms with E-state index in [4.69, 9.17) is 9.15 Å². The Labute approximate surface area is 161 Å². The monoisotopic (exact) mass is 367 g/mol. The number of furan rings is 1. The summed E-state index contributed by atoms with van der Waals surface area (Å²) in [4.78, 5) is 12.5. The number of hydrogen-bond acceptors (Lipinski definition) is 3. The SMILES string of the molecule is CCc1ccc(OCc2ccc(C(=O)NC(C)C3CC4CCC3C4)o2)cc1. The molecule has 27 heavy (non-hydrogen) atoms. The second-order valence-electron chi connectivity index (χ2n) is 8.15. The summed E-state index contributed by atoms with van der Waals surface area (Å²) in [5, 5.41) is 3.15. The van der Waals surface area contributed by atoms with Gasteiger partial charge in [0.25, 0.3) is 5.91 Å². The minimum atomic E-state index is -0.121. The van der Waals surface area contributed by atoms with Crippen molar-refractivity contribution in [3.05, 3.63) is 53.5 Å². The zero-order chi connectivity index (χ0) is 18.8. The zero-order valence-electron chi connectivity index (χ0n) is 16.2. The van der Waals surface area contributed by atoms with E-state index < -0.39 is 0 Å². The van der Waals surface area contributed by atoms with Gasteiger partial charge in [-0.1, -0.05) is 25.5 Å². The normalized spacial score (nSPS) is 24.7. The van der Waals surface area contributed by atoms with E-state index in [9.17, 15) is 4.79 Å². The van der Waals surface area contributed by atoms with Crippen molar-refractivity contribution < 1.29 is 13.9 Å². The number of rotatable bonds is 7. The second-order valence-corrected chi connectivity index (χ2v) is 8.15. The predicted molar refractivity (Wildman–Crippen MR) is 105 cm³/mol. The van der Waals surface area contributed by atoms with E-state index in [1.165, 1.54) is 31.2 Å². The van der Waals surface area contributed by atoms with Crippen molar-refractivity contribution in [1.82, 2.24) is 5.32 Å². The van der Waals surface area contributed by atoms with Crippen LogP contribution in [0.15, 0.2) is 40.8 Å². The molecule has 1 N–H and O–H groups in total. The Morgan fingerprint density at radius 2 is 2.00 bits per heavy atom. The fourth-order valence-electron chi connectivity index (χ4n) is 4.84. The number of fused-ring (bicyclic) bond motifs is 2. The van der Waals surface area contributed by atoms with Gasteiger partial charge in [-0.3, -0.25) is 4.79 Å². The summed E-state index contributed by atoms with van der Waals surface area (Å²) in [6, 6.07) is 11.8. The quantitative estimate of drug-likeness (QED) is 0.751. The lowest BCUT2D eigenvalue weighted by Gasteiger charge is -2.28. The molecule has 4 unspecified atom stereocenters. The number of amides is 1. The van der Waals surface area contributed by atoms with Gasteiger partial charge in [0.05, 0.1) is 0 Å². The Morgan fingerprint density at radius 3 is 2.67 bits per heavy atom. The lowest BCUT2D eigenvalue weighted by atomic mass is 9.84. The number of carbonyl (C=O) groups excluding carboxylic acids is 1. The van der Waals surface area contributed by atoms with Crippen LogP contribution in [0.2, 0.25) is 0 Å². The van der Waals surface area contributed by atoms with E-state index in [0.29, 0.717) is 24.0 Å². The standard InChI is InChI=1S/C23H29NO3/c1-3-16-5-8-19(9-6-16)26-14-20-10-11-22(27-20)23(25)24-15(2)21-13-17-4-7-18(21)12-17/h5-6,8-11,15,17-18,21H,3-4,7,12-14H2,1-2H3,(H,24,25). The molecular formula is C23H29NO3. The number of ether oxygens (including phenoxy) is 1. The van der Waals surface area contributed by atoms with Crippen LogP contribution in [-0.4, -0.2) is 11.9 Å². The highest BCUT2D eigenvalue weighted by Crippen LogP contribution is 2.49. The van der Waals surface area contributed by atoms with Gasteiger partial charge < -0.3 is 14.5 Å². The number of hydrogen-bond donors (Lipinski definition) is 1. The first-order chi connectivity index (χ1) is 13.1. The number of carbonyl (C=O) groups is 1. The molecule has 1 heterocycles. The molecule has 4 heteroatoms.